The summed E-state index contributed by atoms with van der Waals surface area (Å²) < 4.78 is 5.53. The second kappa shape index (κ2) is 5.80. The molecule has 2 aliphatic rings. The van der Waals surface area contributed by atoms with Gasteiger partial charge in [0.05, 0.1) is 6.10 Å². The van der Waals surface area contributed by atoms with Crippen molar-refractivity contribution in [3.05, 3.63) is 0 Å². The largest absolute Gasteiger partial charge is 0.480 e. The molecule has 0 aromatic rings. The van der Waals surface area contributed by atoms with Crippen LogP contribution in [-0.4, -0.2) is 40.3 Å². The lowest BCUT2D eigenvalue weighted by Crippen LogP contribution is -2.51. The van der Waals surface area contributed by atoms with Gasteiger partial charge in [-0.05, 0) is 44.3 Å². The summed E-state index contributed by atoms with van der Waals surface area (Å²) in [5, 5.41) is 9.82. The van der Waals surface area contributed by atoms with Crippen LogP contribution in [0.15, 0.2) is 0 Å². The van der Waals surface area contributed by atoms with E-state index in [1.54, 1.807) is 0 Å². The Morgan fingerprint density at radius 2 is 2.33 bits per heavy atom. The first-order valence-electron chi connectivity index (χ1n) is 6.79. The van der Waals surface area contributed by atoms with Gasteiger partial charge in [-0.15, -0.1) is 0 Å². The third kappa shape index (κ3) is 2.83. The summed E-state index contributed by atoms with van der Waals surface area (Å²) in [6.07, 6.45) is 4.89. The van der Waals surface area contributed by atoms with Gasteiger partial charge >= 0.3 is 5.97 Å². The van der Waals surface area contributed by atoms with Gasteiger partial charge in [0.1, 0.15) is 5.54 Å². The maximum atomic E-state index is 11.3. The van der Waals surface area contributed by atoms with Crippen LogP contribution in [0, 0.1) is 5.92 Å². The smallest absolute Gasteiger partial charge is 0.323 e. The lowest BCUT2D eigenvalue weighted by Gasteiger charge is -2.27. The van der Waals surface area contributed by atoms with Crippen LogP contribution in [0.25, 0.3) is 0 Å². The van der Waals surface area contributed by atoms with Crippen LogP contribution in [0.2, 0.25) is 0 Å². The van der Waals surface area contributed by atoms with Gasteiger partial charge in [-0.3, -0.25) is 4.79 Å². The zero-order valence-corrected chi connectivity index (χ0v) is 11.7. The molecule has 1 heterocycles. The van der Waals surface area contributed by atoms with Crippen LogP contribution in [0.4, 0.5) is 0 Å². The summed E-state index contributed by atoms with van der Waals surface area (Å²) in [6, 6.07) is 0. The Morgan fingerprint density at radius 1 is 1.56 bits per heavy atom. The molecule has 0 radical (unpaired) electrons. The maximum Gasteiger partial charge on any atom is 0.323 e. The zero-order valence-electron chi connectivity index (χ0n) is 10.9. The fourth-order valence-corrected chi connectivity index (χ4v) is 4.41. The van der Waals surface area contributed by atoms with Gasteiger partial charge in [-0.1, -0.05) is 6.42 Å². The van der Waals surface area contributed by atoms with E-state index in [1.807, 2.05) is 11.8 Å². The molecule has 0 bridgehead atoms. The minimum absolute atomic E-state index is 0.139. The molecule has 5 heteroatoms. The van der Waals surface area contributed by atoms with Crippen molar-refractivity contribution in [2.45, 2.75) is 55.9 Å². The van der Waals surface area contributed by atoms with Crippen molar-refractivity contribution in [2.75, 3.05) is 12.4 Å². The van der Waals surface area contributed by atoms with E-state index in [1.165, 1.54) is 0 Å². The number of ether oxygens (including phenoxy) is 1. The fourth-order valence-electron chi connectivity index (χ4n) is 3.08. The van der Waals surface area contributed by atoms with E-state index < -0.39 is 11.5 Å². The molecule has 4 unspecified atom stereocenters. The molecule has 2 fully saturated rings. The van der Waals surface area contributed by atoms with Crippen molar-refractivity contribution in [3.63, 3.8) is 0 Å². The van der Waals surface area contributed by atoms with Crippen molar-refractivity contribution >= 4 is 17.7 Å². The third-order valence-electron chi connectivity index (χ3n) is 4.37. The minimum Gasteiger partial charge on any atom is -0.480 e. The quantitative estimate of drug-likeness (QED) is 0.800. The predicted octanol–water partition coefficient (Wildman–Crippen LogP) is 1.87. The van der Waals surface area contributed by atoms with Gasteiger partial charge < -0.3 is 15.6 Å². The maximum absolute atomic E-state index is 11.3. The van der Waals surface area contributed by atoms with Crippen molar-refractivity contribution in [1.82, 2.24) is 0 Å². The van der Waals surface area contributed by atoms with E-state index in [2.05, 4.69) is 6.92 Å². The Bertz CT molecular complexity index is 313. The number of rotatable bonds is 5. The molecule has 4 atom stereocenters. The molecule has 0 spiro atoms. The van der Waals surface area contributed by atoms with E-state index in [9.17, 15) is 9.90 Å². The van der Waals surface area contributed by atoms with Crippen molar-refractivity contribution < 1.29 is 14.6 Å². The predicted molar refractivity (Wildman–Crippen MR) is 72.8 cm³/mol. The standard InChI is InChI=1S/C13H23NO3S/c1-9-11(4-7-17-9)18-8-5-10-3-2-6-13(10,14)12(15)16/h9-11H,2-8,14H2,1H3,(H,15,16). The lowest BCUT2D eigenvalue weighted by atomic mass is 9.86. The van der Waals surface area contributed by atoms with E-state index in [-0.39, 0.29) is 5.92 Å². The van der Waals surface area contributed by atoms with Gasteiger partial charge in [0.25, 0.3) is 0 Å². The molecular formula is C13H23NO3S. The first-order chi connectivity index (χ1) is 8.54. The zero-order chi connectivity index (χ0) is 13.2. The van der Waals surface area contributed by atoms with Crippen molar-refractivity contribution in [2.24, 2.45) is 11.7 Å². The average molecular weight is 273 g/mol. The Balaban J connectivity index is 1.78. The number of carboxylic acid groups (broad SMARTS) is 1. The molecule has 0 amide bonds. The first-order valence-corrected chi connectivity index (χ1v) is 7.84. The highest BCUT2D eigenvalue weighted by Crippen LogP contribution is 2.38. The third-order valence-corrected chi connectivity index (χ3v) is 5.89. The van der Waals surface area contributed by atoms with E-state index in [4.69, 9.17) is 10.5 Å². The fraction of sp³-hybridized carbons (Fsp3) is 0.923. The van der Waals surface area contributed by atoms with Gasteiger partial charge in [0.2, 0.25) is 0 Å². The molecular weight excluding hydrogens is 250 g/mol. The number of carbonyl (C=O) groups is 1. The molecule has 18 heavy (non-hydrogen) atoms. The Morgan fingerprint density at radius 3 is 2.94 bits per heavy atom. The molecule has 1 saturated heterocycles. The van der Waals surface area contributed by atoms with Crippen LogP contribution in [0.3, 0.4) is 0 Å². The van der Waals surface area contributed by atoms with Crippen LogP contribution in [-0.2, 0) is 9.53 Å². The van der Waals surface area contributed by atoms with E-state index in [0.717, 1.165) is 38.0 Å². The molecule has 0 aromatic carbocycles. The van der Waals surface area contributed by atoms with Gasteiger partial charge in [-0.2, -0.15) is 11.8 Å². The molecule has 0 aromatic heterocycles. The summed E-state index contributed by atoms with van der Waals surface area (Å²) in [5.74, 6) is 0.308. The normalized spacial score (nSPS) is 40.2. The number of carboxylic acids is 1. The van der Waals surface area contributed by atoms with E-state index >= 15 is 0 Å². The summed E-state index contributed by atoms with van der Waals surface area (Å²) >= 11 is 1.92. The van der Waals surface area contributed by atoms with Gasteiger partial charge in [0, 0.05) is 11.9 Å². The number of nitrogens with two attached hydrogens (primary N) is 1. The number of hydrogen-bond acceptors (Lipinski definition) is 4. The monoisotopic (exact) mass is 273 g/mol. The Hall–Kier alpha value is -0.260. The Kier molecular flexibility index (Phi) is 4.56. The first kappa shape index (κ1) is 14.2. The minimum atomic E-state index is -0.974. The SMILES string of the molecule is CC1OCCC1SCCC1CCCC1(N)C(=O)O. The summed E-state index contributed by atoms with van der Waals surface area (Å²) in [6.45, 7) is 2.98. The Labute approximate surface area is 113 Å². The number of aliphatic carboxylic acids is 1. The van der Waals surface area contributed by atoms with Crippen molar-refractivity contribution in [1.29, 1.82) is 0 Å². The molecule has 1 saturated carbocycles. The summed E-state index contributed by atoms with van der Waals surface area (Å²) in [7, 11) is 0. The van der Waals surface area contributed by atoms with Gasteiger partial charge in [-0.25, -0.2) is 0 Å². The lowest BCUT2D eigenvalue weighted by molar-refractivity contribution is -0.144. The second-order valence-electron chi connectivity index (χ2n) is 5.50. The molecule has 104 valence electrons. The highest BCUT2D eigenvalue weighted by Gasteiger charge is 2.45. The summed E-state index contributed by atoms with van der Waals surface area (Å²) in [5.41, 5.74) is 5.06. The number of thioether (sulfide) groups is 1. The molecule has 1 aliphatic carbocycles. The van der Waals surface area contributed by atoms with Crippen LogP contribution < -0.4 is 5.73 Å². The van der Waals surface area contributed by atoms with Crippen LogP contribution in [0.1, 0.15) is 39.0 Å². The molecule has 4 nitrogen and oxygen atoms in total. The average Bonchev–Trinajstić information content (AvgIpc) is 2.88. The van der Waals surface area contributed by atoms with E-state index in [0.29, 0.717) is 17.8 Å². The summed E-state index contributed by atoms with van der Waals surface area (Å²) in [4.78, 5) is 11.3. The number of hydrogen-bond donors (Lipinski definition) is 2. The second-order valence-corrected chi connectivity index (χ2v) is 6.84. The molecule has 1 aliphatic heterocycles. The van der Waals surface area contributed by atoms with Crippen molar-refractivity contribution in [3.8, 4) is 0 Å². The topological polar surface area (TPSA) is 72.5 Å². The van der Waals surface area contributed by atoms with Gasteiger partial charge in [0.15, 0.2) is 0 Å². The highest BCUT2D eigenvalue weighted by molar-refractivity contribution is 7.99. The highest BCUT2D eigenvalue weighted by atomic mass is 32.2. The molecule has 2 rings (SSSR count). The molecule has 3 N–H and O–H groups in total. The van der Waals surface area contributed by atoms with Crippen LogP contribution in [0.5, 0.6) is 0 Å². The van der Waals surface area contributed by atoms with Crippen LogP contribution >= 0.6 is 11.8 Å².